The standard InChI is InChI=1S/C18H10/c1-3-11-7-9-13-10-8-12-4-2-6-15-14(5-1)16(11)18(13)17(12)15/h1-10H. The summed E-state index contributed by atoms with van der Waals surface area (Å²) < 4.78 is 0. The second-order valence-electron chi connectivity index (χ2n) is 5.04. The largest absolute Gasteiger partial charge is 0.0610 e. The Bertz CT molecular complexity index is 885. The Labute approximate surface area is 104 Å². The zero-order valence-corrected chi connectivity index (χ0v) is 9.77. The summed E-state index contributed by atoms with van der Waals surface area (Å²) in [6.07, 6.45) is 0. The van der Waals surface area contributed by atoms with Crippen molar-refractivity contribution in [2.24, 2.45) is 0 Å². The molecule has 1 aliphatic rings. The summed E-state index contributed by atoms with van der Waals surface area (Å²) in [4.78, 5) is 0. The molecule has 0 unspecified atom stereocenters. The van der Waals surface area contributed by atoms with Crippen molar-refractivity contribution >= 4 is 32.3 Å². The lowest BCUT2D eigenvalue weighted by Crippen LogP contribution is -1.75. The molecule has 5 rings (SSSR count). The maximum atomic E-state index is 2.25. The fourth-order valence-electron chi connectivity index (χ4n) is 3.42. The van der Waals surface area contributed by atoms with E-state index >= 15 is 0 Å². The second kappa shape index (κ2) is 2.73. The third kappa shape index (κ3) is 0.820. The molecule has 4 aromatic rings. The first kappa shape index (κ1) is 8.71. The molecule has 0 bridgehead atoms. The van der Waals surface area contributed by atoms with Crippen molar-refractivity contribution in [3.05, 3.63) is 60.7 Å². The minimum absolute atomic E-state index is 1.35. The molecule has 0 fully saturated rings. The maximum Gasteiger partial charge on any atom is -0.00143 e. The highest BCUT2D eigenvalue weighted by atomic mass is 14.2. The summed E-state index contributed by atoms with van der Waals surface area (Å²) in [7, 11) is 0. The van der Waals surface area contributed by atoms with Gasteiger partial charge in [-0.05, 0) is 43.4 Å². The SMILES string of the molecule is c1cc2c3c(c1)ccc1ccc4cccc-2c4c13. The van der Waals surface area contributed by atoms with E-state index in [0.29, 0.717) is 0 Å². The Morgan fingerprint density at radius 3 is 1.33 bits per heavy atom. The van der Waals surface area contributed by atoms with Crippen LogP contribution in [0.2, 0.25) is 0 Å². The molecule has 0 aliphatic heterocycles. The van der Waals surface area contributed by atoms with Crippen LogP contribution in [0.4, 0.5) is 0 Å². The third-order valence-electron chi connectivity index (χ3n) is 4.16. The fraction of sp³-hybridized carbons (Fsp3) is 0. The lowest BCUT2D eigenvalue weighted by molar-refractivity contribution is 1.77. The van der Waals surface area contributed by atoms with Crippen molar-refractivity contribution in [1.82, 2.24) is 0 Å². The molecular weight excluding hydrogens is 216 g/mol. The van der Waals surface area contributed by atoms with Crippen LogP contribution in [-0.2, 0) is 0 Å². The molecule has 0 saturated heterocycles. The van der Waals surface area contributed by atoms with Crippen LogP contribution in [0.1, 0.15) is 0 Å². The topological polar surface area (TPSA) is 0 Å². The number of fused-ring (bicyclic) bond motifs is 1. The predicted octanol–water partition coefficient (Wildman–Crippen LogP) is 5.13. The molecule has 1 aliphatic carbocycles. The van der Waals surface area contributed by atoms with E-state index in [0.717, 1.165) is 0 Å². The van der Waals surface area contributed by atoms with Crippen molar-refractivity contribution in [3.8, 4) is 11.1 Å². The van der Waals surface area contributed by atoms with Gasteiger partial charge in [-0.2, -0.15) is 0 Å². The Morgan fingerprint density at radius 2 is 0.833 bits per heavy atom. The summed E-state index contributed by atoms with van der Waals surface area (Å²) in [5, 5.41) is 8.36. The summed E-state index contributed by atoms with van der Waals surface area (Å²) in [5.41, 5.74) is 2.79. The fourth-order valence-corrected chi connectivity index (χ4v) is 3.42. The van der Waals surface area contributed by atoms with E-state index in [1.807, 2.05) is 0 Å². The van der Waals surface area contributed by atoms with Gasteiger partial charge in [0.2, 0.25) is 0 Å². The van der Waals surface area contributed by atoms with Gasteiger partial charge in [0.05, 0.1) is 0 Å². The van der Waals surface area contributed by atoms with Gasteiger partial charge in [0.15, 0.2) is 0 Å². The number of benzene rings is 4. The number of hydrogen-bond acceptors (Lipinski definition) is 0. The molecule has 0 N–H and O–H groups in total. The quantitative estimate of drug-likeness (QED) is 0.321. The van der Waals surface area contributed by atoms with Crippen LogP contribution in [0.15, 0.2) is 60.7 Å². The Kier molecular flexibility index (Phi) is 1.32. The van der Waals surface area contributed by atoms with Gasteiger partial charge in [-0.1, -0.05) is 60.7 Å². The smallest absolute Gasteiger partial charge is 0.00143 e. The van der Waals surface area contributed by atoms with Gasteiger partial charge in [-0.3, -0.25) is 0 Å². The summed E-state index contributed by atoms with van der Waals surface area (Å²) in [5.74, 6) is 0. The van der Waals surface area contributed by atoms with E-state index in [9.17, 15) is 0 Å². The van der Waals surface area contributed by atoms with E-state index in [4.69, 9.17) is 0 Å². The average molecular weight is 226 g/mol. The van der Waals surface area contributed by atoms with Crippen LogP contribution in [0, 0.1) is 0 Å². The molecule has 18 heavy (non-hydrogen) atoms. The average Bonchev–Trinajstić information content (AvgIpc) is 2.78. The van der Waals surface area contributed by atoms with Crippen LogP contribution in [0.3, 0.4) is 0 Å². The Hall–Kier alpha value is -2.34. The molecule has 0 radical (unpaired) electrons. The van der Waals surface area contributed by atoms with Crippen molar-refractivity contribution in [3.63, 3.8) is 0 Å². The highest BCUT2D eigenvalue weighted by Gasteiger charge is 2.18. The van der Waals surface area contributed by atoms with Gasteiger partial charge in [0, 0.05) is 0 Å². The Balaban J connectivity index is 2.31. The lowest BCUT2D eigenvalue weighted by Gasteiger charge is -2.02. The second-order valence-corrected chi connectivity index (χ2v) is 5.04. The maximum absolute atomic E-state index is 2.25. The van der Waals surface area contributed by atoms with E-state index in [-0.39, 0.29) is 0 Å². The summed E-state index contributed by atoms with van der Waals surface area (Å²) >= 11 is 0. The number of rotatable bonds is 0. The molecule has 0 amide bonds. The first-order chi connectivity index (χ1) is 8.93. The number of hydrogen-bond donors (Lipinski definition) is 0. The van der Waals surface area contributed by atoms with Crippen LogP contribution in [0.5, 0.6) is 0 Å². The molecule has 0 heterocycles. The van der Waals surface area contributed by atoms with Gasteiger partial charge < -0.3 is 0 Å². The van der Waals surface area contributed by atoms with Crippen LogP contribution < -0.4 is 0 Å². The minimum atomic E-state index is 1.35. The van der Waals surface area contributed by atoms with Crippen LogP contribution >= 0.6 is 0 Å². The molecule has 4 aromatic carbocycles. The molecule has 0 heteroatoms. The van der Waals surface area contributed by atoms with E-state index in [2.05, 4.69) is 60.7 Å². The normalized spacial score (nSPS) is 12.4. The molecule has 82 valence electrons. The van der Waals surface area contributed by atoms with Gasteiger partial charge in [-0.15, -0.1) is 0 Å². The van der Waals surface area contributed by atoms with Crippen molar-refractivity contribution < 1.29 is 0 Å². The molecule has 0 nitrogen and oxygen atoms in total. The van der Waals surface area contributed by atoms with Crippen LogP contribution in [-0.4, -0.2) is 0 Å². The summed E-state index contributed by atoms with van der Waals surface area (Å²) in [6.45, 7) is 0. The summed E-state index contributed by atoms with van der Waals surface area (Å²) in [6, 6.07) is 22.2. The molecule has 0 spiro atoms. The highest BCUT2D eigenvalue weighted by molar-refractivity contribution is 6.32. The molecule has 0 atom stereocenters. The van der Waals surface area contributed by atoms with Crippen molar-refractivity contribution in [1.29, 1.82) is 0 Å². The minimum Gasteiger partial charge on any atom is -0.0610 e. The zero-order chi connectivity index (χ0) is 11.7. The zero-order valence-electron chi connectivity index (χ0n) is 9.77. The van der Waals surface area contributed by atoms with Gasteiger partial charge in [0.1, 0.15) is 0 Å². The van der Waals surface area contributed by atoms with Gasteiger partial charge >= 0.3 is 0 Å². The predicted molar refractivity (Wildman–Crippen MR) is 78.0 cm³/mol. The van der Waals surface area contributed by atoms with Crippen molar-refractivity contribution in [2.45, 2.75) is 0 Å². The van der Waals surface area contributed by atoms with E-state index < -0.39 is 0 Å². The molecule has 0 aromatic heterocycles. The van der Waals surface area contributed by atoms with Gasteiger partial charge in [0.25, 0.3) is 0 Å². The highest BCUT2D eigenvalue weighted by Crippen LogP contribution is 2.46. The van der Waals surface area contributed by atoms with E-state index in [1.165, 1.54) is 43.4 Å². The van der Waals surface area contributed by atoms with Crippen LogP contribution in [0.25, 0.3) is 43.4 Å². The van der Waals surface area contributed by atoms with Crippen molar-refractivity contribution in [2.75, 3.05) is 0 Å². The van der Waals surface area contributed by atoms with E-state index in [1.54, 1.807) is 0 Å². The molecule has 0 saturated carbocycles. The Morgan fingerprint density at radius 1 is 0.389 bits per heavy atom. The third-order valence-corrected chi connectivity index (χ3v) is 4.16. The van der Waals surface area contributed by atoms with Gasteiger partial charge in [-0.25, -0.2) is 0 Å². The monoisotopic (exact) mass is 226 g/mol. The molecular formula is C18H10. The lowest BCUT2D eigenvalue weighted by atomic mass is 10.0. The first-order valence-corrected chi connectivity index (χ1v) is 6.31. The first-order valence-electron chi connectivity index (χ1n) is 6.31.